The number of methoxy groups -OCH3 is 1. The molecule has 0 spiro atoms. The van der Waals surface area contributed by atoms with E-state index < -0.39 is 29.1 Å². The minimum atomic E-state index is -5.08. The Bertz CT molecular complexity index is 1680. The third-order valence-corrected chi connectivity index (χ3v) is 7.29. The molecule has 1 saturated heterocycles. The lowest BCUT2D eigenvalue weighted by molar-refractivity contribution is -0.154. The number of phenolic OH excluding ortho intramolecular Hbond substituents is 1. The van der Waals surface area contributed by atoms with Crippen LogP contribution in [-0.2, 0) is 17.5 Å². The molecular formula is C32H31F3N2O7. The zero-order chi connectivity index (χ0) is 31.4. The molecule has 0 saturated carbocycles. The highest BCUT2D eigenvalue weighted by molar-refractivity contribution is 5.89. The number of hydrogen-bond donors (Lipinski definition) is 1. The molecular weight excluding hydrogens is 581 g/mol. The molecule has 1 N–H and O–H groups in total. The van der Waals surface area contributed by atoms with E-state index in [9.17, 15) is 27.9 Å². The highest BCUT2D eigenvalue weighted by Crippen LogP contribution is 2.40. The van der Waals surface area contributed by atoms with Gasteiger partial charge in [-0.1, -0.05) is 6.92 Å². The van der Waals surface area contributed by atoms with Gasteiger partial charge >= 0.3 is 12.1 Å². The first kappa shape index (κ1) is 30.7. The molecule has 9 nitrogen and oxygen atoms in total. The second-order valence-corrected chi connectivity index (χ2v) is 10.3. The van der Waals surface area contributed by atoms with Crippen molar-refractivity contribution in [3.8, 4) is 23.0 Å². The number of esters is 1. The van der Waals surface area contributed by atoms with Gasteiger partial charge in [0.25, 0.3) is 5.76 Å². The lowest BCUT2D eigenvalue weighted by Gasteiger charge is -2.36. The lowest BCUT2D eigenvalue weighted by atomic mass is 10.1. The fraction of sp³-hybridized carbons (Fsp3) is 0.312. The number of rotatable bonds is 9. The van der Waals surface area contributed by atoms with Gasteiger partial charge in [-0.2, -0.15) is 13.2 Å². The molecule has 5 rings (SSSR count). The highest BCUT2D eigenvalue weighted by Gasteiger charge is 2.41. The van der Waals surface area contributed by atoms with Crippen molar-refractivity contribution in [1.29, 1.82) is 0 Å². The Morgan fingerprint density at radius 2 is 1.61 bits per heavy atom. The van der Waals surface area contributed by atoms with Gasteiger partial charge in [-0.15, -0.1) is 0 Å². The number of nitrogens with zero attached hydrogens (tertiary/aromatic N) is 2. The van der Waals surface area contributed by atoms with Crippen LogP contribution in [0.5, 0.6) is 23.0 Å². The molecule has 0 atom stereocenters. The van der Waals surface area contributed by atoms with Crippen LogP contribution in [0.1, 0.15) is 35.0 Å². The van der Waals surface area contributed by atoms with Gasteiger partial charge in [0, 0.05) is 38.4 Å². The number of benzene rings is 3. The van der Waals surface area contributed by atoms with Gasteiger partial charge in [0.05, 0.1) is 30.2 Å². The van der Waals surface area contributed by atoms with Crippen LogP contribution in [-0.4, -0.2) is 55.9 Å². The second kappa shape index (κ2) is 12.9. The van der Waals surface area contributed by atoms with Crippen molar-refractivity contribution >= 4 is 22.6 Å². The molecule has 0 amide bonds. The topological polar surface area (TPSA) is 102 Å². The number of hydrogen-bond acceptors (Lipinski definition) is 9. The second-order valence-electron chi connectivity index (χ2n) is 10.3. The molecule has 12 heteroatoms. The molecule has 1 fully saturated rings. The van der Waals surface area contributed by atoms with Gasteiger partial charge in [0.1, 0.15) is 22.8 Å². The zero-order valence-corrected chi connectivity index (χ0v) is 24.1. The van der Waals surface area contributed by atoms with E-state index in [2.05, 4.69) is 4.90 Å². The van der Waals surface area contributed by atoms with Crippen molar-refractivity contribution in [2.24, 2.45) is 0 Å². The first-order chi connectivity index (χ1) is 21.1. The largest absolute Gasteiger partial charge is 0.507 e. The van der Waals surface area contributed by atoms with Crippen molar-refractivity contribution in [2.45, 2.75) is 26.1 Å². The Hall–Kier alpha value is -4.71. The molecule has 0 bridgehead atoms. The third kappa shape index (κ3) is 6.60. The molecule has 1 aromatic heterocycles. The quantitative estimate of drug-likeness (QED) is 0.221. The Morgan fingerprint density at radius 3 is 2.23 bits per heavy atom. The number of carbonyl (C=O) groups excluding carboxylic acids is 1. The van der Waals surface area contributed by atoms with Crippen LogP contribution in [0.25, 0.3) is 11.0 Å². The van der Waals surface area contributed by atoms with Crippen LogP contribution in [0.4, 0.5) is 18.9 Å². The zero-order valence-electron chi connectivity index (χ0n) is 24.1. The average Bonchev–Trinajstić information content (AvgIpc) is 3.02. The molecule has 0 radical (unpaired) electrons. The predicted octanol–water partition coefficient (Wildman–Crippen LogP) is 6.21. The number of ether oxygens (including phenoxy) is 3. The van der Waals surface area contributed by atoms with Gasteiger partial charge < -0.3 is 28.6 Å². The van der Waals surface area contributed by atoms with Crippen LogP contribution < -0.4 is 19.8 Å². The van der Waals surface area contributed by atoms with Crippen molar-refractivity contribution in [1.82, 2.24) is 4.90 Å². The maximum atomic E-state index is 14.2. The Balaban J connectivity index is 1.41. The third-order valence-electron chi connectivity index (χ3n) is 7.29. The first-order valence-corrected chi connectivity index (χ1v) is 14.0. The minimum absolute atomic E-state index is 0.0651. The first-order valence-electron chi connectivity index (χ1n) is 14.0. The van der Waals surface area contributed by atoms with E-state index in [1.54, 1.807) is 7.11 Å². The molecule has 2 heterocycles. The summed E-state index contributed by atoms with van der Waals surface area (Å²) in [5, 5.41) is 10.5. The van der Waals surface area contributed by atoms with E-state index >= 15 is 0 Å². The van der Waals surface area contributed by atoms with Crippen molar-refractivity contribution in [3.05, 3.63) is 87.8 Å². The summed E-state index contributed by atoms with van der Waals surface area (Å²) in [6.07, 6.45) is -4.45. The summed E-state index contributed by atoms with van der Waals surface area (Å²) < 4.78 is 63.7. The fourth-order valence-electron chi connectivity index (χ4n) is 4.95. The number of carbonyl (C=O) groups is 1. The number of phenols is 1. The predicted molar refractivity (Wildman–Crippen MR) is 157 cm³/mol. The number of alkyl halides is 3. The summed E-state index contributed by atoms with van der Waals surface area (Å²) in [5.74, 6) is -2.91. The molecule has 1 aliphatic rings. The standard InChI is InChI=1S/C32H31F3N2O7/c1-3-18-42-31(40)20-4-8-23(9-5-20)43-29-27(39)24-12-13-26(38)25(28(24)44-30(29)32(33,34)35)19-36-14-16-37(17-15-36)21-6-10-22(41-2)11-7-21/h4-13,38H,3,14-19H2,1-2H3. The van der Waals surface area contributed by atoms with E-state index in [0.29, 0.717) is 32.6 Å². The molecule has 0 aliphatic carbocycles. The smallest absolute Gasteiger partial charge is 0.453 e. The maximum absolute atomic E-state index is 14.2. The van der Waals surface area contributed by atoms with E-state index in [1.807, 2.05) is 36.1 Å². The molecule has 3 aromatic carbocycles. The van der Waals surface area contributed by atoms with Gasteiger partial charge in [0.15, 0.2) is 0 Å². The summed E-state index contributed by atoms with van der Waals surface area (Å²) in [5.41, 5.74) is -0.142. The van der Waals surface area contributed by atoms with Crippen LogP contribution >= 0.6 is 0 Å². The van der Waals surface area contributed by atoms with E-state index in [0.717, 1.165) is 11.4 Å². The number of halogens is 3. The molecule has 44 heavy (non-hydrogen) atoms. The van der Waals surface area contributed by atoms with Crippen LogP contribution in [0.3, 0.4) is 0 Å². The summed E-state index contributed by atoms with van der Waals surface area (Å²) in [6.45, 7) is 4.53. The SMILES string of the molecule is CCCOC(=O)c1ccc(Oc2c(C(F)(F)F)oc3c(CN4CCN(c5ccc(OC)cc5)CC4)c(O)ccc3c2=O)cc1. The average molecular weight is 613 g/mol. The van der Waals surface area contributed by atoms with Crippen LogP contribution in [0.2, 0.25) is 0 Å². The fourth-order valence-corrected chi connectivity index (χ4v) is 4.95. The molecule has 232 valence electrons. The monoisotopic (exact) mass is 612 g/mol. The van der Waals surface area contributed by atoms with Crippen LogP contribution in [0.15, 0.2) is 69.9 Å². The van der Waals surface area contributed by atoms with Gasteiger partial charge in [-0.05, 0) is 67.1 Å². The van der Waals surface area contributed by atoms with Crippen molar-refractivity contribution < 1.29 is 41.7 Å². The van der Waals surface area contributed by atoms with Crippen molar-refractivity contribution in [2.75, 3.05) is 44.8 Å². The minimum Gasteiger partial charge on any atom is -0.507 e. The Morgan fingerprint density at radius 1 is 0.955 bits per heavy atom. The number of piperazine rings is 1. The van der Waals surface area contributed by atoms with Gasteiger partial charge in [-0.25, -0.2) is 4.79 Å². The van der Waals surface area contributed by atoms with E-state index in [4.69, 9.17) is 18.6 Å². The van der Waals surface area contributed by atoms with E-state index in [1.165, 1.54) is 36.4 Å². The van der Waals surface area contributed by atoms with E-state index in [-0.39, 0.29) is 46.7 Å². The summed E-state index contributed by atoms with van der Waals surface area (Å²) >= 11 is 0. The lowest BCUT2D eigenvalue weighted by Crippen LogP contribution is -2.46. The number of aromatic hydroxyl groups is 1. The summed E-state index contributed by atoms with van der Waals surface area (Å²) in [7, 11) is 1.60. The normalized spacial score (nSPS) is 14.1. The number of fused-ring (bicyclic) bond motifs is 1. The maximum Gasteiger partial charge on any atom is 0.453 e. The van der Waals surface area contributed by atoms with Crippen molar-refractivity contribution in [3.63, 3.8) is 0 Å². The van der Waals surface area contributed by atoms with Crippen LogP contribution in [0, 0.1) is 0 Å². The Labute approximate surface area is 251 Å². The van der Waals surface area contributed by atoms with Gasteiger partial charge in [-0.3, -0.25) is 9.69 Å². The van der Waals surface area contributed by atoms with Gasteiger partial charge in [0.2, 0.25) is 11.2 Å². The highest BCUT2D eigenvalue weighted by atomic mass is 19.4. The molecule has 0 unspecified atom stereocenters. The summed E-state index contributed by atoms with van der Waals surface area (Å²) in [6, 6.07) is 15.3. The Kier molecular flexibility index (Phi) is 9.00. The molecule has 4 aromatic rings. The molecule has 1 aliphatic heterocycles. The summed E-state index contributed by atoms with van der Waals surface area (Å²) in [4.78, 5) is 29.6. The number of anilines is 1.